The molecule has 2 bridgehead atoms. The van der Waals surface area contributed by atoms with Gasteiger partial charge < -0.3 is 24.4 Å². The van der Waals surface area contributed by atoms with Crippen molar-refractivity contribution in [2.75, 3.05) is 27.9 Å². The molecule has 1 aromatic heterocycles. The Morgan fingerprint density at radius 2 is 1.62 bits per heavy atom. The summed E-state index contributed by atoms with van der Waals surface area (Å²) in [5, 5.41) is 2.16. The number of nitrogens with zero attached hydrogens (tertiary/aromatic N) is 3. The van der Waals surface area contributed by atoms with Gasteiger partial charge >= 0.3 is 23.8 Å². The number of esters is 3. The van der Waals surface area contributed by atoms with Crippen molar-refractivity contribution in [3.63, 3.8) is 0 Å². The maximum Gasteiger partial charge on any atom is 0.423 e. The van der Waals surface area contributed by atoms with Gasteiger partial charge in [0.25, 0.3) is 21.6 Å². The van der Waals surface area contributed by atoms with Crippen LogP contribution >= 0.6 is 11.6 Å². The van der Waals surface area contributed by atoms with Gasteiger partial charge in [0.05, 0.1) is 30.7 Å². The van der Waals surface area contributed by atoms with E-state index < -0.39 is 86.8 Å². The highest BCUT2D eigenvalue weighted by Gasteiger charge is 2.55. The van der Waals surface area contributed by atoms with Crippen LogP contribution in [0.5, 0.6) is 5.75 Å². The highest BCUT2D eigenvalue weighted by molar-refractivity contribution is 7.86. The van der Waals surface area contributed by atoms with Crippen LogP contribution in [0.25, 0.3) is 0 Å². The monoisotopic (exact) mass is 776 g/mol. The van der Waals surface area contributed by atoms with Crippen LogP contribution in [0.15, 0.2) is 52.2 Å². The second-order valence-corrected chi connectivity index (χ2v) is 14.7. The van der Waals surface area contributed by atoms with Crippen molar-refractivity contribution >= 4 is 51.4 Å². The third-order valence-corrected chi connectivity index (χ3v) is 11.1. The number of aromatic nitrogens is 2. The van der Waals surface area contributed by atoms with E-state index in [0.717, 1.165) is 29.3 Å². The van der Waals surface area contributed by atoms with Gasteiger partial charge in [0.2, 0.25) is 5.75 Å². The Morgan fingerprint density at radius 3 is 2.25 bits per heavy atom. The second kappa shape index (κ2) is 15.0. The van der Waals surface area contributed by atoms with Crippen LogP contribution in [0.1, 0.15) is 53.1 Å². The number of amides is 2. The van der Waals surface area contributed by atoms with Crippen molar-refractivity contribution in [3.05, 3.63) is 86.3 Å². The molecule has 0 unspecified atom stereocenters. The number of nitrogens with one attached hydrogen (secondary N) is 1. The summed E-state index contributed by atoms with van der Waals surface area (Å²) in [7, 11) is -1.14. The Bertz CT molecular complexity index is 2170. The lowest BCUT2D eigenvalue weighted by atomic mass is 9.68. The molecule has 3 aromatic rings. The van der Waals surface area contributed by atoms with Crippen LogP contribution in [-0.4, -0.2) is 80.5 Å². The molecule has 1 fully saturated rings. The van der Waals surface area contributed by atoms with Gasteiger partial charge in [-0.15, -0.1) is 0 Å². The third-order valence-electron chi connectivity index (χ3n) is 9.54. The largest absolute Gasteiger partial charge is 0.462 e. The summed E-state index contributed by atoms with van der Waals surface area (Å²) >= 11 is 5.87. The summed E-state index contributed by atoms with van der Waals surface area (Å²) in [4.78, 5) is 84.1. The number of rotatable bonds is 9. The van der Waals surface area contributed by atoms with Crippen LogP contribution in [0, 0.1) is 18.2 Å². The number of fused-ring (bicyclic) bond motifs is 2. The van der Waals surface area contributed by atoms with Crippen LogP contribution in [0.4, 0.5) is 4.39 Å². The summed E-state index contributed by atoms with van der Waals surface area (Å²) < 4.78 is 61.8. The number of hydrogen-bond donors (Lipinski definition) is 1. The van der Waals surface area contributed by atoms with Crippen molar-refractivity contribution in [2.45, 2.75) is 56.1 Å². The first-order valence-electron chi connectivity index (χ1n) is 16.0. The van der Waals surface area contributed by atoms with E-state index in [1.165, 1.54) is 37.4 Å². The van der Waals surface area contributed by atoms with Gasteiger partial charge in [-0.3, -0.25) is 23.1 Å². The van der Waals surface area contributed by atoms with Crippen LogP contribution < -0.4 is 15.6 Å². The number of aryl methyl sites for hydroxylation is 1. The molecule has 0 atom stereocenters. The molecule has 16 nitrogen and oxygen atoms in total. The number of methoxy groups -OCH3 is 2. The molecule has 0 radical (unpaired) electrons. The Balaban J connectivity index is 1.65. The lowest BCUT2D eigenvalue weighted by Gasteiger charge is -2.45. The fourth-order valence-electron chi connectivity index (χ4n) is 6.43. The third kappa shape index (κ3) is 7.51. The second-order valence-electron chi connectivity index (χ2n) is 12.7. The van der Waals surface area contributed by atoms with Gasteiger partial charge in [0.1, 0.15) is 17.2 Å². The number of halogens is 2. The van der Waals surface area contributed by atoms with E-state index in [1.807, 2.05) is 0 Å². The fourth-order valence-corrected chi connectivity index (χ4v) is 7.63. The Labute approximate surface area is 307 Å². The van der Waals surface area contributed by atoms with Gasteiger partial charge in [-0.25, -0.2) is 23.8 Å². The Morgan fingerprint density at radius 1 is 0.981 bits per heavy atom. The first kappa shape index (κ1) is 39.0. The predicted octanol–water partition coefficient (Wildman–Crippen LogP) is 2.16. The maximum atomic E-state index is 14.7. The first-order valence-corrected chi connectivity index (χ1v) is 17.8. The zero-order valence-electron chi connectivity index (χ0n) is 28.9. The molecule has 2 aliphatic heterocycles. The molecule has 1 saturated carbocycles. The fraction of sp³-hybridized carbons (Fsp3) is 0.382. The van der Waals surface area contributed by atoms with Gasteiger partial charge in [0.15, 0.2) is 5.69 Å². The summed E-state index contributed by atoms with van der Waals surface area (Å²) in [6, 6.07) is 10.0. The van der Waals surface area contributed by atoms with Gasteiger partial charge in [-0.2, -0.15) is 8.42 Å². The predicted molar refractivity (Wildman–Crippen MR) is 180 cm³/mol. The maximum absolute atomic E-state index is 14.7. The van der Waals surface area contributed by atoms with E-state index in [1.54, 1.807) is 19.1 Å². The molecule has 6 rings (SSSR count). The van der Waals surface area contributed by atoms with Crippen molar-refractivity contribution < 1.29 is 55.2 Å². The number of carbonyl (C=O) groups is 5. The summed E-state index contributed by atoms with van der Waals surface area (Å²) in [5.74, 6) is -8.81. The topological polar surface area (TPSA) is 207 Å². The average Bonchev–Trinajstić information content (AvgIpc) is 3.38. The van der Waals surface area contributed by atoms with E-state index in [2.05, 4.69) is 19.8 Å². The standard InChI is InChI=1S/C34H34ClFN4O12S/c1-19-8-10-21(11-9-19)53(47,48)51-18-33-12-14-34(15-13-33,39(2)28(43)29(44)49-3)32-38-24(26(41)37-16-20-6-5-7-22(35)23(20)36)25(27(42)40(32)17-33)52-31(46)30(45)50-4/h5-11H,12-18H2,1-4H3,(H,37,41). The van der Waals surface area contributed by atoms with Crippen molar-refractivity contribution in [3.8, 4) is 5.75 Å². The van der Waals surface area contributed by atoms with E-state index >= 15 is 0 Å². The lowest BCUT2D eigenvalue weighted by Crippen LogP contribution is -2.53. The van der Waals surface area contributed by atoms with Crippen molar-refractivity contribution in [1.82, 2.24) is 19.8 Å². The molecule has 282 valence electrons. The molecule has 0 spiro atoms. The Hall–Kier alpha value is -5.20. The molecule has 19 heteroatoms. The van der Waals surface area contributed by atoms with Gasteiger partial charge in [-0.05, 0) is 50.8 Å². The van der Waals surface area contributed by atoms with Crippen LogP contribution in [-0.2, 0) is 61.6 Å². The highest BCUT2D eigenvalue weighted by Crippen LogP contribution is 2.52. The van der Waals surface area contributed by atoms with E-state index in [4.69, 9.17) is 20.5 Å². The van der Waals surface area contributed by atoms with Gasteiger partial charge in [-0.1, -0.05) is 41.4 Å². The molecule has 1 N–H and O–H groups in total. The number of likely N-dealkylation sites (N-methyl/N-ethyl adjacent to an activating group) is 1. The highest BCUT2D eigenvalue weighted by atomic mass is 35.5. The molecule has 2 aromatic carbocycles. The number of benzene rings is 2. The van der Waals surface area contributed by atoms with E-state index in [0.29, 0.717) is 0 Å². The molecule has 3 aliphatic rings. The minimum Gasteiger partial charge on any atom is -0.462 e. The van der Waals surface area contributed by atoms with Crippen molar-refractivity contribution in [2.24, 2.45) is 5.41 Å². The lowest BCUT2D eigenvalue weighted by molar-refractivity contribution is -0.162. The summed E-state index contributed by atoms with van der Waals surface area (Å²) in [6.45, 7) is 0.548. The van der Waals surface area contributed by atoms with E-state index in [-0.39, 0.29) is 53.5 Å². The number of hydrogen-bond acceptors (Lipinski definition) is 13. The molecule has 1 aliphatic carbocycles. The van der Waals surface area contributed by atoms with E-state index in [9.17, 15) is 41.6 Å². The quantitative estimate of drug-likeness (QED) is 0.188. The molecular weight excluding hydrogens is 743 g/mol. The number of carbonyl (C=O) groups excluding carboxylic acids is 5. The molecule has 0 saturated heterocycles. The zero-order valence-corrected chi connectivity index (χ0v) is 30.5. The minimum absolute atomic E-state index is 0.0112. The molecule has 2 amide bonds. The SMILES string of the molecule is COC(=O)C(=O)Oc1c(C(=O)NCc2cccc(Cl)c2F)nc2n(c1=O)CC1(COS(=O)(=O)c3ccc(C)cc3)CCC2(N(C)C(=O)C(=O)OC)CC1. The van der Waals surface area contributed by atoms with Crippen LogP contribution in [0.3, 0.4) is 0 Å². The Kier molecular flexibility index (Phi) is 11.1. The van der Waals surface area contributed by atoms with Crippen LogP contribution in [0.2, 0.25) is 5.02 Å². The average molecular weight is 777 g/mol. The summed E-state index contributed by atoms with van der Waals surface area (Å²) in [6.07, 6.45) is 0.209. The number of ether oxygens (including phenoxy) is 3. The minimum atomic E-state index is -4.29. The summed E-state index contributed by atoms with van der Waals surface area (Å²) in [5.41, 5.74) is -3.94. The zero-order chi connectivity index (χ0) is 38.9. The molecular formula is C34H34ClFN4O12S. The first-order chi connectivity index (χ1) is 25.0. The normalized spacial score (nSPS) is 19.0. The molecule has 53 heavy (non-hydrogen) atoms. The molecule has 3 heterocycles. The van der Waals surface area contributed by atoms with Gasteiger partial charge in [0, 0.05) is 31.1 Å². The smallest absolute Gasteiger partial charge is 0.423 e. The van der Waals surface area contributed by atoms with Crippen molar-refractivity contribution in [1.29, 1.82) is 0 Å².